The molecular weight excluding hydrogens is 348 g/mol. The summed E-state index contributed by atoms with van der Waals surface area (Å²) in [4.78, 5) is 14.7. The number of likely N-dealkylation sites (tertiary alicyclic amines) is 1. The van der Waals surface area contributed by atoms with E-state index in [4.69, 9.17) is 0 Å². The Labute approximate surface area is 156 Å². The van der Waals surface area contributed by atoms with Crippen molar-refractivity contribution in [2.24, 2.45) is 11.3 Å². The first kappa shape index (κ1) is 17.8. The molecule has 1 aromatic carbocycles. The van der Waals surface area contributed by atoms with Gasteiger partial charge < -0.3 is 10.2 Å². The maximum Gasteiger partial charge on any atom is 0.317 e. The van der Waals surface area contributed by atoms with Gasteiger partial charge in [0.05, 0.1) is 17.5 Å². The average Bonchev–Trinajstić information content (AvgIpc) is 2.55. The highest BCUT2D eigenvalue weighted by atomic mass is 32.2. The summed E-state index contributed by atoms with van der Waals surface area (Å²) in [7, 11) is -2.81. The zero-order chi connectivity index (χ0) is 18.2. The predicted molar refractivity (Wildman–Crippen MR) is 102 cm³/mol. The van der Waals surface area contributed by atoms with Crippen LogP contribution in [0.1, 0.15) is 50.1 Å². The molecule has 5 nitrogen and oxygen atoms in total. The molecule has 1 N–H and O–H groups in total. The van der Waals surface area contributed by atoms with Crippen LogP contribution in [-0.2, 0) is 9.84 Å². The molecule has 0 aromatic heterocycles. The van der Waals surface area contributed by atoms with Gasteiger partial charge in [0.1, 0.15) is 9.84 Å². The van der Waals surface area contributed by atoms with E-state index in [1.54, 1.807) is 0 Å². The van der Waals surface area contributed by atoms with E-state index in [-0.39, 0.29) is 12.1 Å². The number of hydrogen-bond acceptors (Lipinski definition) is 3. The van der Waals surface area contributed by atoms with E-state index < -0.39 is 9.84 Å². The Bertz CT molecular complexity index is 745. The van der Waals surface area contributed by atoms with Gasteiger partial charge in [0, 0.05) is 18.5 Å². The lowest BCUT2D eigenvalue weighted by Gasteiger charge is -2.62. The van der Waals surface area contributed by atoms with Gasteiger partial charge in [-0.15, -0.1) is 0 Å². The molecule has 1 aromatic rings. The van der Waals surface area contributed by atoms with Gasteiger partial charge in [0.15, 0.2) is 0 Å². The smallest absolute Gasteiger partial charge is 0.317 e. The van der Waals surface area contributed by atoms with Gasteiger partial charge in [-0.1, -0.05) is 36.8 Å². The molecule has 6 heteroatoms. The van der Waals surface area contributed by atoms with Gasteiger partial charge in [-0.3, -0.25) is 0 Å². The van der Waals surface area contributed by atoms with Crippen LogP contribution in [-0.4, -0.2) is 43.9 Å². The van der Waals surface area contributed by atoms with E-state index in [0.29, 0.717) is 29.4 Å². The monoisotopic (exact) mass is 376 g/mol. The molecule has 3 aliphatic rings. The fourth-order valence-corrected chi connectivity index (χ4v) is 6.46. The number of amides is 2. The zero-order valence-corrected chi connectivity index (χ0v) is 16.0. The summed E-state index contributed by atoms with van der Waals surface area (Å²) in [5.41, 5.74) is 1.54. The normalized spacial score (nSPS) is 26.8. The van der Waals surface area contributed by atoms with Crippen molar-refractivity contribution in [1.82, 2.24) is 10.2 Å². The van der Waals surface area contributed by atoms with Crippen LogP contribution in [0.2, 0.25) is 0 Å². The fourth-order valence-electron chi connectivity index (χ4n) is 4.87. The molecule has 1 saturated carbocycles. The number of sulfone groups is 1. The fraction of sp³-hybridized carbons (Fsp3) is 0.650. The Morgan fingerprint density at radius 1 is 1.15 bits per heavy atom. The molecule has 2 heterocycles. The van der Waals surface area contributed by atoms with Crippen LogP contribution in [0, 0.1) is 11.3 Å². The second kappa shape index (κ2) is 6.87. The van der Waals surface area contributed by atoms with Gasteiger partial charge >= 0.3 is 6.03 Å². The molecule has 0 radical (unpaired) electrons. The second-order valence-corrected chi connectivity index (χ2v) is 10.6. The molecular formula is C20H28N2O3S. The maximum absolute atomic E-state index is 12.7. The molecule has 3 fully saturated rings. The van der Waals surface area contributed by atoms with Crippen molar-refractivity contribution >= 4 is 15.9 Å². The minimum absolute atomic E-state index is 0.0276. The Morgan fingerprint density at radius 3 is 2.46 bits per heavy atom. The summed E-state index contributed by atoms with van der Waals surface area (Å²) in [6, 6.07) is 10.6. The van der Waals surface area contributed by atoms with Gasteiger partial charge in [-0.25, -0.2) is 13.2 Å². The topological polar surface area (TPSA) is 66.5 Å². The molecule has 1 atom stereocenters. The van der Waals surface area contributed by atoms with Crippen molar-refractivity contribution < 1.29 is 13.2 Å². The molecule has 26 heavy (non-hydrogen) atoms. The second-order valence-electron chi connectivity index (χ2n) is 8.27. The van der Waals surface area contributed by atoms with Crippen molar-refractivity contribution in [3.8, 4) is 0 Å². The Kier molecular flexibility index (Phi) is 4.71. The maximum atomic E-state index is 12.7. The summed E-state index contributed by atoms with van der Waals surface area (Å²) in [6.07, 6.45) is 6.04. The number of carbonyl (C=O) groups is 1. The number of urea groups is 1. The van der Waals surface area contributed by atoms with E-state index in [1.165, 1.54) is 24.8 Å². The van der Waals surface area contributed by atoms with E-state index in [1.807, 2.05) is 23.1 Å². The average molecular weight is 377 g/mol. The van der Waals surface area contributed by atoms with Gasteiger partial charge in [-0.05, 0) is 43.6 Å². The van der Waals surface area contributed by atoms with E-state index in [2.05, 4.69) is 17.4 Å². The summed E-state index contributed by atoms with van der Waals surface area (Å²) in [5, 5.41) is 3.08. The Morgan fingerprint density at radius 2 is 1.85 bits per heavy atom. The summed E-state index contributed by atoms with van der Waals surface area (Å²) in [6.45, 7) is 1.49. The van der Waals surface area contributed by atoms with Crippen LogP contribution in [0.15, 0.2) is 30.3 Å². The third-order valence-electron chi connectivity index (χ3n) is 6.61. The minimum Gasteiger partial charge on any atom is -0.338 e. The van der Waals surface area contributed by atoms with Gasteiger partial charge in [0.2, 0.25) is 0 Å². The number of hydrogen-bond donors (Lipinski definition) is 1. The molecule has 142 valence electrons. The third-order valence-corrected chi connectivity index (χ3v) is 8.32. The summed E-state index contributed by atoms with van der Waals surface area (Å²) >= 11 is 0. The van der Waals surface area contributed by atoms with Crippen molar-refractivity contribution in [1.29, 1.82) is 0 Å². The number of rotatable bonds is 4. The van der Waals surface area contributed by atoms with Gasteiger partial charge in [-0.2, -0.15) is 0 Å². The van der Waals surface area contributed by atoms with Crippen LogP contribution in [0.3, 0.4) is 0 Å². The zero-order valence-electron chi connectivity index (χ0n) is 15.2. The van der Waals surface area contributed by atoms with Crippen LogP contribution in [0.25, 0.3) is 0 Å². The van der Waals surface area contributed by atoms with Crippen LogP contribution < -0.4 is 5.32 Å². The lowest BCUT2D eigenvalue weighted by molar-refractivity contribution is -0.0997. The van der Waals surface area contributed by atoms with Crippen LogP contribution >= 0.6 is 0 Å². The van der Waals surface area contributed by atoms with Crippen LogP contribution in [0.5, 0.6) is 0 Å². The van der Waals surface area contributed by atoms with E-state index >= 15 is 0 Å². The first-order valence-electron chi connectivity index (χ1n) is 9.79. The quantitative estimate of drug-likeness (QED) is 0.878. The van der Waals surface area contributed by atoms with Crippen molar-refractivity contribution in [2.75, 3.05) is 24.6 Å². The summed E-state index contributed by atoms with van der Waals surface area (Å²) in [5.74, 6) is 1.02. The first-order chi connectivity index (χ1) is 12.5. The largest absolute Gasteiger partial charge is 0.338 e. The van der Waals surface area contributed by atoms with Crippen molar-refractivity contribution in [3.05, 3.63) is 35.9 Å². The van der Waals surface area contributed by atoms with Crippen molar-refractivity contribution in [2.45, 2.75) is 44.6 Å². The molecule has 1 aliphatic carbocycles. The molecule has 2 saturated heterocycles. The lowest BCUT2D eigenvalue weighted by atomic mass is 9.56. The number of nitrogens with zero attached hydrogens (tertiary/aromatic N) is 1. The van der Waals surface area contributed by atoms with E-state index in [0.717, 1.165) is 25.8 Å². The highest BCUT2D eigenvalue weighted by Gasteiger charge is 2.57. The number of nitrogens with one attached hydrogen (secondary N) is 1. The number of benzene rings is 1. The standard InChI is InChI=1S/C20H28N2O3S/c23-19(21-12-7-16-8-13-26(24,25)14-9-16)22-15-20(10-4-11-20)18(22)17-5-2-1-3-6-17/h1-3,5-6,16,18H,4,7-15H2,(H,21,23). The summed E-state index contributed by atoms with van der Waals surface area (Å²) < 4.78 is 23.0. The minimum atomic E-state index is -2.81. The molecule has 0 bridgehead atoms. The SMILES string of the molecule is O=C(NCCC1CCS(=O)(=O)CC1)N1CC2(CCC2)C1c1ccccc1. The third kappa shape index (κ3) is 3.36. The highest BCUT2D eigenvalue weighted by molar-refractivity contribution is 7.91. The van der Waals surface area contributed by atoms with Gasteiger partial charge in [0.25, 0.3) is 0 Å². The molecule has 4 rings (SSSR count). The molecule has 2 amide bonds. The predicted octanol–water partition coefficient (Wildman–Crippen LogP) is 3.14. The van der Waals surface area contributed by atoms with Crippen molar-refractivity contribution in [3.63, 3.8) is 0 Å². The number of carbonyl (C=O) groups excluding carboxylic acids is 1. The Balaban J connectivity index is 1.31. The molecule has 1 unspecified atom stereocenters. The molecule has 1 spiro atoms. The van der Waals surface area contributed by atoms with E-state index in [9.17, 15) is 13.2 Å². The Hall–Kier alpha value is -1.56. The molecule has 2 aliphatic heterocycles. The first-order valence-corrected chi connectivity index (χ1v) is 11.6. The highest BCUT2D eigenvalue weighted by Crippen LogP contribution is 2.60. The van der Waals surface area contributed by atoms with Crippen LogP contribution in [0.4, 0.5) is 4.79 Å². The lowest BCUT2D eigenvalue weighted by Crippen LogP contribution is -2.65.